The van der Waals surface area contributed by atoms with Gasteiger partial charge in [0, 0.05) is 24.3 Å². The Morgan fingerprint density at radius 2 is 2.05 bits per heavy atom. The van der Waals surface area contributed by atoms with Crippen molar-refractivity contribution in [1.29, 1.82) is 0 Å². The molecule has 0 saturated heterocycles. The standard InChI is InChI=1S/C15H12FN3O/c1-19-9-10-6-7-11(8-14(10)18-19)17-15(20)12-4-2-3-5-13(12)16/h2-9H,1H3,(H,17,20). The van der Waals surface area contributed by atoms with Crippen LogP contribution in [0.15, 0.2) is 48.7 Å². The maximum absolute atomic E-state index is 13.5. The minimum atomic E-state index is -0.538. The molecule has 1 amide bonds. The number of carbonyl (C=O) groups is 1. The van der Waals surface area contributed by atoms with Crippen molar-refractivity contribution in [3.05, 3.63) is 60.0 Å². The number of nitrogens with zero attached hydrogens (tertiary/aromatic N) is 2. The molecule has 3 aromatic rings. The molecule has 0 aliphatic heterocycles. The first-order valence-electron chi connectivity index (χ1n) is 6.13. The van der Waals surface area contributed by atoms with Gasteiger partial charge in [0.25, 0.3) is 5.91 Å². The molecule has 0 unspecified atom stereocenters. The van der Waals surface area contributed by atoms with E-state index in [1.54, 1.807) is 28.9 Å². The van der Waals surface area contributed by atoms with Crippen molar-refractivity contribution in [1.82, 2.24) is 9.78 Å². The topological polar surface area (TPSA) is 46.9 Å². The summed E-state index contributed by atoms with van der Waals surface area (Å²) in [5.41, 5.74) is 1.39. The minimum Gasteiger partial charge on any atom is -0.322 e. The minimum absolute atomic E-state index is 0.0219. The lowest BCUT2D eigenvalue weighted by Gasteiger charge is -2.05. The third kappa shape index (κ3) is 2.25. The first-order chi connectivity index (χ1) is 9.63. The second-order valence-corrected chi connectivity index (χ2v) is 4.51. The highest BCUT2D eigenvalue weighted by Gasteiger charge is 2.11. The quantitative estimate of drug-likeness (QED) is 0.777. The van der Waals surface area contributed by atoms with Crippen molar-refractivity contribution in [3.8, 4) is 0 Å². The van der Waals surface area contributed by atoms with E-state index in [0.29, 0.717) is 5.69 Å². The number of carbonyl (C=O) groups excluding carboxylic acids is 1. The van der Waals surface area contributed by atoms with E-state index in [1.165, 1.54) is 12.1 Å². The number of nitrogens with one attached hydrogen (secondary N) is 1. The SMILES string of the molecule is Cn1cc2ccc(NC(=O)c3ccccc3F)cc2n1. The van der Waals surface area contributed by atoms with E-state index in [9.17, 15) is 9.18 Å². The Morgan fingerprint density at radius 3 is 2.85 bits per heavy atom. The lowest BCUT2D eigenvalue weighted by atomic mass is 10.2. The van der Waals surface area contributed by atoms with Gasteiger partial charge >= 0.3 is 0 Å². The highest BCUT2D eigenvalue weighted by molar-refractivity contribution is 6.05. The molecule has 5 heteroatoms. The van der Waals surface area contributed by atoms with Crippen LogP contribution in [-0.4, -0.2) is 15.7 Å². The molecule has 0 fully saturated rings. The molecular weight excluding hydrogens is 257 g/mol. The summed E-state index contributed by atoms with van der Waals surface area (Å²) in [7, 11) is 1.83. The van der Waals surface area contributed by atoms with Gasteiger partial charge in [0.05, 0.1) is 11.1 Å². The number of anilines is 1. The average Bonchev–Trinajstić information content (AvgIpc) is 2.78. The molecule has 0 aliphatic carbocycles. The van der Waals surface area contributed by atoms with Crippen LogP contribution in [-0.2, 0) is 7.05 Å². The van der Waals surface area contributed by atoms with E-state index in [-0.39, 0.29) is 5.56 Å². The molecule has 1 N–H and O–H groups in total. The fraction of sp³-hybridized carbons (Fsp3) is 0.0667. The molecule has 4 nitrogen and oxygen atoms in total. The van der Waals surface area contributed by atoms with Crippen LogP contribution in [0, 0.1) is 5.82 Å². The van der Waals surface area contributed by atoms with Crippen LogP contribution in [0.2, 0.25) is 0 Å². The van der Waals surface area contributed by atoms with Crippen LogP contribution in [0.4, 0.5) is 10.1 Å². The van der Waals surface area contributed by atoms with Crippen LogP contribution < -0.4 is 5.32 Å². The first kappa shape index (κ1) is 12.3. The van der Waals surface area contributed by atoms with Gasteiger partial charge in [0.1, 0.15) is 5.82 Å². The molecule has 1 aromatic heterocycles. The third-order valence-corrected chi connectivity index (χ3v) is 3.00. The largest absolute Gasteiger partial charge is 0.322 e. The van der Waals surface area contributed by atoms with Gasteiger partial charge in [-0.15, -0.1) is 0 Å². The average molecular weight is 269 g/mol. The van der Waals surface area contributed by atoms with Gasteiger partial charge in [0.2, 0.25) is 0 Å². The number of benzene rings is 2. The van der Waals surface area contributed by atoms with Gasteiger partial charge in [-0.05, 0) is 30.3 Å². The Bertz CT molecular complexity index is 795. The van der Waals surface area contributed by atoms with Gasteiger partial charge in [-0.1, -0.05) is 12.1 Å². The lowest BCUT2D eigenvalue weighted by Crippen LogP contribution is -2.13. The number of hydrogen-bond donors (Lipinski definition) is 1. The molecule has 0 spiro atoms. The van der Waals surface area contributed by atoms with Crippen LogP contribution in [0.5, 0.6) is 0 Å². The van der Waals surface area contributed by atoms with E-state index >= 15 is 0 Å². The normalized spacial score (nSPS) is 10.7. The van der Waals surface area contributed by atoms with E-state index in [0.717, 1.165) is 10.9 Å². The molecule has 0 atom stereocenters. The summed E-state index contributed by atoms with van der Waals surface area (Å²) in [6.45, 7) is 0. The molecule has 0 radical (unpaired) electrons. The summed E-state index contributed by atoms with van der Waals surface area (Å²) >= 11 is 0. The molecule has 3 rings (SSSR count). The smallest absolute Gasteiger partial charge is 0.258 e. The fourth-order valence-corrected chi connectivity index (χ4v) is 2.06. The second-order valence-electron chi connectivity index (χ2n) is 4.51. The highest BCUT2D eigenvalue weighted by atomic mass is 19.1. The van der Waals surface area contributed by atoms with Crippen molar-refractivity contribution >= 4 is 22.5 Å². The Balaban J connectivity index is 1.89. The molecule has 0 bridgehead atoms. The maximum Gasteiger partial charge on any atom is 0.258 e. The molecule has 1 heterocycles. The predicted octanol–water partition coefficient (Wildman–Crippen LogP) is 2.96. The van der Waals surface area contributed by atoms with Gasteiger partial charge in [0.15, 0.2) is 0 Å². The zero-order chi connectivity index (χ0) is 14.1. The van der Waals surface area contributed by atoms with Crippen LogP contribution in [0.3, 0.4) is 0 Å². The second kappa shape index (κ2) is 4.77. The number of rotatable bonds is 2. The van der Waals surface area contributed by atoms with Crippen LogP contribution >= 0.6 is 0 Å². The highest BCUT2D eigenvalue weighted by Crippen LogP contribution is 2.18. The molecular formula is C15H12FN3O. The van der Waals surface area contributed by atoms with E-state index in [2.05, 4.69) is 10.4 Å². The number of aromatic nitrogens is 2. The summed E-state index contributed by atoms with van der Waals surface area (Å²) in [4.78, 5) is 12.0. The van der Waals surface area contributed by atoms with Gasteiger partial charge in [-0.2, -0.15) is 5.10 Å². The number of fused-ring (bicyclic) bond motifs is 1. The zero-order valence-corrected chi connectivity index (χ0v) is 10.8. The van der Waals surface area contributed by atoms with Crippen molar-refractivity contribution in [2.45, 2.75) is 0 Å². The molecule has 0 aliphatic rings. The Kier molecular flexibility index (Phi) is 2.95. The fourth-order valence-electron chi connectivity index (χ4n) is 2.06. The summed E-state index contributed by atoms with van der Waals surface area (Å²) in [5.74, 6) is -1.01. The lowest BCUT2D eigenvalue weighted by molar-refractivity contribution is 0.102. The molecule has 100 valence electrons. The van der Waals surface area contributed by atoms with Gasteiger partial charge in [-0.25, -0.2) is 4.39 Å². The van der Waals surface area contributed by atoms with Crippen molar-refractivity contribution in [2.24, 2.45) is 7.05 Å². The third-order valence-electron chi connectivity index (χ3n) is 3.00. The molecule has 20 heavy (non-hydrogen) atoms. The maximum atomic E-state index is 13.5. The molecule has 2 aromatic carbocycles. The summed E-state index contributed by atoms with van der Waals surface area (Å²) in [5, 5.41) is 7.92. The first-order valence-corrected chi connectivity index (χ1v) is 6.13. The summed E-state index contributed by atoms with van der Waals surface area (Å²) in [6.07, 6.45) is 1.89. The Morgan fingerprint density at radius 1 is 1.25 bits per heavy atom. The number of halogens is 1. The number of amides is 1. The van der Waals surface area contributed by atoms with Crippen molar-refractivity contribution < 1.29 is 9.18 Å². The predicted molar refractivity (Wildman–Crippen MR) is 75.1 cm³/mol. The number of aryl methyl sites for hydroxylation is 1. The monoisotopic (exact) mass is 269 g/mol. The Hall–Kier alpha value is -2.69. The van der Waals surface area contributed by atoms with Crippen LogP contribution in [0.1, 0.15) is 10.4 Å². The van der Waals surface area contributed by atoms with E-state index in [4.69, 9.17) is 0 Å². The van der Waals surface area contributed by atoms with E-state index < -0.39 is 11.7 Å². The Labute approximate surface area is 114 Å². The van der Waals surface area contributed by atoms with Gasteiger partial charge in [-0.3, -0.25) is 9.48 Å². The molecule has 0 saturated carbocycles. The van der Waals surface area contributed by atoms with Crippen molar-refractivity contribution in [3.63, 3.8) is 0 Å². The zero-order valence-electron chi connectivity index (χ0n) is 10.8. The number of hydrogen-bond acceptors (Lipinski definition) is 2. The van der Waals surface area contributed by atoms with Crippen LogP contribution in [0.25, 0.3) is 10.9 Å². The van der Waals surface area contributed by atoms with Crippen molar-refractivity contribution in [2.75, 3.05) is 5.32 Å². The summed E-state index contributed by atoms with van der Waals surface area (Å²) < 4.78 is 15.2. The van der Waals surface area contributed by atoms with E-state index in [1.807, 2.05) is 19.3 Å². The van der Waals surface area contributed by atoms with Gasteiger partial charge < -0.3 is 5.32 Å². The summed E-state index contributed by atoms with van der Waals surface area (Å²) in [6, 6.07) is 11.3.